The van der Waals surface area contributed by atoms with Crippen LogP contribution in [-0.4, -0.2) is 44.9 Å². The third-order valence-corrected chi connectivity index (χ3v) is 8.61. The topological polar surface area (TPSA) is 99.7 Å². The Morgan fingerprint density at radius 1 is 1.06 bits per heavy atom. The summed E-state index contributed by atoms with van der Waals surface area (Å²) in [6.45, 7) is 3.72. The molecular weight excluding hydrogens is 500 g/mol. The van der Waals surface area contributed by atoms with Crippen LogP contribution in [0, 0.1) is 13.8 Å². The van der Waals surface area contributed by atoms with Gasteiger partial charge in [-0.3, -0.25) is 18.9 Å². The predicted molar refractivity (Wildman–Crippen MR) is 140 cm³/mol. The number of aromatic nitrogens is 1. The molecule has 0 unspecified atom stereocenters. The molecule has 2 heterocycles. The fourth-order valence-corrected chi connectivity index (χ4v) is 6.43. The van der Waals surface area contributed by atoms with E-state index in [9.17, 15) is 18.0 Å². The molecule has 0 radical (unpaired) electrons. The number of para-hydroxylation sites is 2. The number of nitrogens with one attached hydrogen (secondary N) is 1. The van der Waals surface area contributed by atoms with Crippen LogP contribution < -0.4 is 14.5 Å². The lowest BCUT2D eigenvalue weighted by Gasteiger charge is -2.40. The number of hydrogen-bond donors (Lipinski definition) is 1. The highest BCUT2D eigenvalue weighted by atomic mass is 35.5. The van der Waals surface area contributed by atoms with Crippen LogP contribution in [0.4, 0.5) is 11.4 Å². The van der Waals surface area contributed by atoms with E-state index in [4.69, 9.17) is 11.6 Å². The highest BCUT2D eigenvalue weighted by Crippen LogP contribution is 2.40. The van der Waals surface area contributed by atoms with Gasteiger partial charge in [-0.1, -0.05) is 23.7 Å². The van der Waals surface area contributed by atoms with Crippen LogP contribution in [0.15, 0.2) is 65.8 Å². The summed E-state index contributed by atoms with van der Waals surface area (Å²) in [4.78, 5) is 31.7. The van der Waals surface area contributed by atoms with Crippen LogP contribution in [-0.2, 0) is 26.0 Å². The number of sulfonamides is 1. The van der Waals surface area contributed by atoms with E-state index in [0.29, 0.717) is 40.5 Å². The van der Waals surface area contributed by atoms with Gasteiger partial charge in [0.1, 0.15) is 6.04 Å². The van der Waals surface area contributed by atoms with Crippen LogP contribution in [0.1, 0.15) is 23.1 Å². The summed E-state index contributed by atoms with van der Waals surface area (Å²) in [6.07, 6.45) is 3.61. The van der Waals surface area contributed by atoms with Crippen molar-refractivity contribution in [2.24, 2.45) is 0 Å². The van der Waals surface area contributed by atoms with Crippen molar-refractivity contribution in [2.75, 3.05) is 22.8 Å². The number of amides is 2. The first kappa shape index (κ1) is 25.7. The number of carbonyl (C=O) groups is 2. The number of aryl methyl sites for hydroxylation is 2. The van der Waals surface area contributed by atoms with E-state index in [1.807, 2.05) is 12.1 Å². The maximum Gasteiger partial charge on any atom is 0.265 e. The number of pyridine rings is 1. The lowest BCUT2D eigenvalue weighted by atomic mass is 10.1. The fraction of sp³-hybridized carbons (Fsp3) is 0.269. The molecule has 188 valence electrons. The van der Waals surface area contributed by atoms with Crippen LogP contribution in [0.2, 0.25) is 5.02 Å². The van der Waals surface area contributed by atoms with Gasteiger partial charge in [0.25, 0.3) is 15.9 Å². The second-order valence-electron chi connectivity index (χ2n) is 8.73. The Hall–Kier alpha value is -3.43. The number of likely N-dealkylation sites (N-methyl/N-ethyl adjacent to an activating group) is 1. The average molecular weight is 527 g/mol. The van der Waals surface area contributed by atoms with Gasteiger partial charge >= 0.3 is 0 Å². The van der Waals surface area contributed by atoms with Crippen LogP contribution in [0.3, 0.4) is 0 Å². The Labute approximate surface area is 216 Å². The van der Waals surface area contributed by atoms with E-state index >= 15 is 0 Å². The van der Waals surface area contributed by atoms with Crippen LogP contribution in [0.5, 0.6) is 0 Å². The molecule has 0 saturated carbocycles. The van der Waals surface area contributed by atoms with Crippen molar-refractivity contribution in [1.82, 2.24) is 10.3 Å². The minimum absolute atomic E-state index is 0.0413. The summed E-state index contributed by atoms with van der Waals surface area (Å²) in [6, 6.07) is 12.3. The van der Waals surface area contributed by atoms with E-state index < -0.39 is 27.9 Å². The highest BCUT2D eigenvalue weighted by Gasteiger charge is 2.44. The van der Waals surface area contributed by atoms with Gasteiger partial charge in [-0.2, -0.15) is 0 Å². The van der Waals surface area contributed by atoms with E-state index in [1.165, 1.54) is 11.0 Å². The molecule has 8 nitrogen and oxygen atoms in total. The minimum atomic E-state index is -4.22. The maximum atomic E-state index is 14.1. The molecule has 0 bridgehead atoms. The van der Waals surface area contributed by atoms with E-state index in [1.54, 1.807) is 63.6 Å². The number of nitrogens with zero attached hydrogens (tertiary/aromatic N) is 3. The lowest BCUT2D eigenvalue weighted by molar-refractivity contribution is -0.126. The fourth-order valence-electron chi connectivity index (χ4n) is 4.29. The summed E-state index contributed by atoms with van der Waals surface area (Å²) in [7, 11) is -2.64. The summed E-state index contributed by atoms with van der Waals surface area (Å²) < 4.78 is 29.2. The summed E-state index contributed by atoms with van der Waals surface area (Å²) >= 11 is 6.21. The Bertz CT molecular complexity index is 1410. The number of rotatable bonds is 7. The summed E-state index contributed by atoms with van der Waals surface area (Å²) in [5, 5.41) is 3.26. The van der Waals surface area contributed by atoms with Gasteiger partial charge in [-0.05, 0) is 73.4 Å². The standard InChI is InChI=1S/C26H27ClN4O4S/c1-17-15-24(18(2)14-20(17)27)36(34,35)31-22-7-5-4-6-21(22)30(3)26(33)23(31)16-25(32)29-13-10-19-8-11-28-12-9-19/h4-9,11-12,14-15,23H,10,13,16H2,1-3H3,(H,29,32)/t23-/m1/s1. The quantitative estimate of drug-likeness (QED) is 0.506. The van der Waals surface area contributed by atoms with Crippen LogP contribution in [0.25, 0.3) is 0 Å². The highest BCUT2D eigenvalue weighted by molar-refractivity contribution is 7.93. The lowest BCUT2D eigenvalue weighted by Crippen LogP contribution is -2.56. The average Bonchev–Trinajstić information content (AvgIpc) is 2.85. The molecule has 1 N–H and O–H groups in total. The molecule has 10 heteroatoms. The van der Waals surface area contributed by atoms with Crippen molar-refractivity contribution in [3.63, 3.8) is 0 Å². The molecule has 0 fully saturated rings. The Morgan fingerprint density at radius 3 is 2.42 bits per heavy atom. The molecule has 4 rings (SSSR count). The molecule has 0 spiro atoms. The van der Waals surface area contributed by atoms with Gasteiger partial charge in [0.2, 0.25) is 5.91 Å². The van der Waals surface area contributed by atoms with Gasteiger partial charge in [0, 0.05) is 31.0 Å². The number of anilines is 2. The normalized spacial score (nSPS) is 15.6. The van der Waals surface area contributed by atoms with E-state index in [2.05, 4.69) is 10.3 Å². The van der Waals surface area contributed by atoms with Gasteiger partial charge < -0.3 is 10.2 Å². The van der Waals surface area contributed by atoms with Crippen molar-refractivity contribution in [2.45, 2.75) is 37.6 Å². The zero-order valence-corrected chi connectivity index (χ0v) is 21.8. The molecule has 2 aromatic carbocycles. The zero-order chi connectivity index (χ0) is 26.0. The first-order chi connectivity index (χ1) is 17.1. The van der Waals surface area contributed by atoms with Crippen molar-refractivity contribution >= 4 is 44.8 Å². The van der Waals surface area contributed by atoms with Crippen LogP contribution >= 0.6 is 11.6 Å². The molecule has 0 saturated heterocycles. The van der Waals surface area contributed by atoms with Gasteiger partial charge in [0.05, 0.1) is 22.7 Å². The summed E-state index contributed by atoms with van der Waals surface area (Å²) in [5.74, 6) is -0.899. The third kappa shape index (κ3) is 4.94. The number of benzene rings is 2. The molecule has 1 aromatic heterocycles. The Morgan fingerprint density at radius 2 is 1.72 bits per heavy atom. The molecule has 2 amide bonds. The third-order valence-electron chi connectivity index (χ3n) is 6.24. The Balaban J connectivity index is 1.68. The number of hydrogen-bond acceptors (Lipinski definition) is 5. The largest absolute Gasteiger partial charge is 0.356 e. The SMILES string of the molecule is Cc1cc(S(=O)(=O)N2c3ccccc3N(C)C(=O)[C@H]2CC(=O)NCCc2ccncc2)c(C)cc1Cl. The van der Waals surface area contributed by atoms with Gasteiger partial charge in [0.15, 0.2) is 0 Å². The molecular formula is C26H27ClN4O4S. The molecule has 1 aliphatic heterocycles. The van der Waals surface area contributed by atoms with Gasteiger partial charge in [-0.15, -0.1) is 0 Å². The van der Waals surface area contributed by atoms with E-state index in [0.717, 1.165) is 9.87 Å². The smallest absolute Gasteiger partial charge is 0.265 e. The van der Waals surface area contributed by atoms with E-state index in [-0.39, 0.29) is 11.3 Å². The predicted octanol–water partition coefficient (Wildman–Crippen LogP) is 3.64. The zero-order valence-electron chi connectivity index (χ0n) is 20.2. The van der Waals surface area contributed by atoms with Crippen molar-refractivity contribution in [3.05, 3.63) is 82.6 Å². The summed E-state index contributed by atoms with van der Waals surface area (Å²) in [5.41, 5.74) is 2.84. The molecule has 3 aromatic rings. The second-order valence-corrected chi connectivity index (χ2v) is 10.9. The molecule has 36 heavy (non-hydrogen) atoms. The first-order valence-corrected chi connectivity index (χ1v) is 13.3. The number of fused-ring (bicyclic) bond motifs is 1. The minimum Gasteiger partial charge on any atom is -0.356 e. The number of carbonyl (C=O) groups excluding carboxylic acids is 2. The second kappa shape index (κ2) is 10.3. The first-order valence-electron chi connectivity index (χ1n) is 11.4. The van der Waals surface area contributed by atoms with Crippen molar-refractivity contribution < 1.29 is 18.0 Å². The molecule has 0 aliphatic carbocycles. The van der Waals surface area contributed by atoms with Crippen molar-refractivity contribution in [1.29, 1.82) is 0 Å². The molecule has 1 atom stereocenters. The van der Waals surface area contributed by atoms with Crippen molar-refractivity contribution in [3.8, 4) is 0 Å². The monoisotopic (exact) mass is 526 g/mol. The maximum absolute atomic E-state index is 14.1. The van der Waals surface area contributed by atoms with Gasteiger partial charge in [-0.25, -0.2) is 8.42 Å². The molecule has 1 aliphatic rings. The number of halogens is 1. The Kier molecular flexibility index (Phi) is 7.33.